The Hall–Kier alpha value is -1.78. The first-order valence-corrected chi connectivity index (χ1v) is 8.77. The van der Waals surface area contributed by atoms with E-state index >= 15 is 0 Å². The van der Waals surface area contributed by atoms with Gasteiger partial charge in [0.25, 0.3) is 0 Å². The molecule has 0 saturated heterocycles. The zero-order valence-electron chi connectivity index (χ0n) is 12.3. The summed E-state index contributed by atoms with van der Waals surface area (Å²) < 4.78 is 11.8. The van der Waals surface area contributed by atoms with Gasteiger partial charge in [0.2, 0.25) is 0 Å². The third kappa shape index (κ3) is 2.64. The maximum atomic E-state index is 12.5. The summed E-state index contributed by atoms with van der Waals surface area (Å²) in [5.41, 5.74) is 0. The van der Waals surface area contributed by atoms with E-state index in [9.17, 15) is 14.7 Å². The fraction of sp³-hybridized carbons (Fsp3) is 0.375. The number of aromatic hydroxyl groups is 1. The van der Waals surface area contributed by atoms with Crippen molar-refractivity contribution < 1.29 is 24.2 Å². The van der Waals surface area contributed by atoms with Crippen LogP contribution in [0.25, 0.3) is 9.65 Å². The molecular weight excluding hydrogens is 351 g/mol. The Morgan fingerprint density at radius 1 is 1.32 bits per heavy atom. The normalized spacial score (nSPS) is 19.9. The zero-order valence-corrected chi connectivity index (χ0v) is 14.0. The van der Waals surface area contributed by atoms with Gasteiger partial charge in [-0.25, -0.2) is 0 Å². The number of rotatable bonds is 5. The van der Waals surface area contributed by atoms with E-state index < -0.39 is 0 Å². The summed E-state index contributed by atoms with van der Waals surface area (Å²) >= 11 is -0.116. The number of methoxy groups -OCH3 is 1. The first-order valence-electron chi connectivity index (χ1n) is 7.06. The standard InChI is InChI=1S/C16H16O5Se/c1-3-21-16(19)10-6-9(10)15(18)14-5-8-4-11(17)12(20-2)7-13(8)22-14/h4-5,7,9-10,17H,3,6H2,1-2H3. The molecule has 2 aromatic rings. The van der Waals surface area contributed by atoms with Gasteiger partial charge < -0.3 is 0 Å². The summed E-state index contributed by atoms with van der Waals surface area (Å²) in [4.78, 5) is 24.1. The minimum atomic E-state index is -0.282. The number of phenols is 1. The van der Waals surface area contributed by atoms with E-state index in [0.717, 1.165) is 14.1 Å². The van der Waals surface area contributed by atoms with E-state index in [1.165, 1.54) is 7.11 Å². The first-order chi connectivity index (χ1) is 10.5. The number of benzene rings is 1. The topological polar surface area (TPSA) is 72.8 Å². The molecule has 1 heterocycles. The molecule has 0 aliphatic heterocycles. The van der Waals surface area contributed by atoms with Crippen molar-refractivity contribution in [3.63, 3.8) is 0 Å². The number of phenolic OH excluding ortho intramolecular Hbond substituents is 1. The Kier molecular flexibility index (Phi) is 3.98. The van der Waals surface area contributed by atoms with Crippen molar-refractivity contribution in [1.82, 2.24) is 0 Å². The van der Waals surface area contributed by atoms with Crippen molar-refractivity contribution in [2.45, 2.75) is 13.3 Å². The van der Waals surface area contributed by atoms with Crippen LogP contribution < -0.4 is 4.74 Å². The maximum absolute atomic E-state index is 12.5. The van der Waals surface area contributed by atoms with E-state index in [1.54, 1.807) is 19.1 Å². The summed E-state index contributed by atoms with van der Waals surface area (Å²) in [5, 5.41) is 10.7. The van der Waals surface area contributed by atoms with E-state index in [2.05, 4.69) is 0 Å². The van der Waals surface area contributed by atoms with Crippen molar-refractivity contribution in [1.29, 1.82) is 0 Å². The van der Waals surface area contributed by atoms with Crippen LogP contribution in [0.2, 0.25) is 0 Å². The summed E-state index contributed by atoms with van der Waals surface area (Å²) in [6.07, 6.45) is 0.579. The number of fused-ring (bicyclic) bond motifs is 1. The van der Waals surface area contributed by atoms with Gasteiger partial charge in [0, 0.05) is 0 Å². The van der Waals surface area contributed by atoms with Gasteiger partial charge in [0.1, 0.15) is 0 Å². The number of carbonyl (C=O) groups is 2. The van der Waals surface area contributed by atoms with Crippen LogP contribution >= 0.6 is 0 Å². The molecule has 5 nitrogen and oxygen atoms in total. The molecular formula is C16H16O5Se. The number of carbonyl (C=O) groups excluding carboxylic acids is 2. The molecule has 0 spiro atoms. The van der Waals surface area contributed by atoms with Gasteiger partial charge in [-0.2, -0.15) is 0 Å². The molecule has 1 aromatic heterocycles. The number of Topliss-reactive ketones (excluding diaryl/α,β-unsaturated/α-hetero) is 1. The summed E-state index contributed by atoms with van der Waals surface area (Å²) in [5.74, 6) is -0.277. The van der Waals surface area contributed by atoms with E-state index in [4.69, 9.17) is 9.47 Å². The average Bonchev–Trinajstić information content (AvgIpc) is 3.19. The van der Waals surface area contributed by atoms with Gasteiger partial charge in [-0.1, -0.05) is 0 Å². The molecule has 0 bridgehead atoms. The van der Waals surface area contributed by atoms with Gasteiger partial charge in [-0.05, 0) is 0 Å². The predicted molar refractivity (Wildman–Crippen MR) is 81.7 cm³/mol. The second kappa shape index (κ2) is 5.78. The molecule has 2 atom stereocenters. The molecule has 1 aliphatic rings. The van der Waals surface area contributed by atoms with E-state index in [0.29, 0.717) is 18.8 Å². The summed E-state index contributed by atoms with van der Waals surface area (Å²) in [6.45, 7) is 2.10. The molecule has 0 radical (unpaired) electrons. The van der Waals surface area contributed by atoms with Gasteiger partial charge in [0.05, 0.1) is 0 Å². The Labute approximate surface area is 133 Å². The Balaban J connectivity index is 1.82. The van der Waals surface area contributed by atoms with E-state index in [1.807, 2.05) is 6.07 Å². The van der Waals surface area contributed by atoms with Crippen LogP contribution in [0.1, 0.15) is 22.6 Å². The second-order valence-electron chi connectivity index (χ2n) is 5.24. The molecule has 116 valence electrons. The number of ether oxygens (including phenoxy) is 2. The third-order valence-electron chi connectivity index (χ3n) is 3.78. The third-order valence-corrected chi connectivity index (χ3v) is 6.11. The Bertz CT molecular complexity index is 748. The van der Waals surface area contributed by atoms with Crippen molar-refractivity contribution in [2.75, 3.05) is 13.7 Å². The number of ketones is 1. The second-order valence-corrected chi connectivity index (χ2v) is 7.51. The van der Waals surface area contributed by atoms with Crippen LogP contribution in [-0.4, -0.2) is 45.1 Å². The number of hydrogen-bond donors (Lipinski definition) is 1. The minimum absolute atomic E-state index is 0.0349. The van der Waals surface area contributed by atoms with Crippen LogP contribution in [0.4, 0.5) is 0 Å². The molecule has 2 unspecified atom stereocenters. The molecule has 6 heteroatoms. The van der Waals surface area contributed by atoms with Gasteiger partial charge in [0.15, 0.2) is 0 Å². The first kappa shape index (κ1) is 15.1. The van der Waals surface area contributed by atoms with Crippen LogP contribution in [-0.2, 0) is 9.53 Å². The molecule has 1 N–H and O–H groups in total. The van der Waals surface area contributed by atoms with Crippen LogP contribution in [0.5, 0.6) is 11.5 Å². The van der Waals surface area contributed by atoms with Crippen LogP contribution in [0.15, 0.2) is 18.2 Å². The number of hydrogen-bond acceptors (Lipinski definition) is 5. The summed E-state index contributed by atoms with van der Waals surface area (Å²) in [6, 6.07) is 5.21. The Morgan fingerprint density at radius 3 is 2.77 bits per heavy atom. The SMILES string of the molecule is CCOC(=O)C1CC1C(=O)c1cc2cc(O)c(OC)cc2[se]1. The fourth-order valence-corrected chi connectivity index (χ4v) is 4.78. The van der Waals surface area contributed by atoms with Crippen molar-refractivity contribution in [3.05, 3.63) is 22.6 Å². The summed E-state index contributed by atoms with van der Waals surface area (Å²) in [7, 11) is 1.50. The predicted octanol–water partition coefficient (Wildman–Crippen LogP) is 1.99. The van der Waals surface area contributed by atoms with Crippen molar-refractivity contribution in [2.24, 2.45) is 11.8 Å². The molecule has 3 rings (SSSR count). The van der Waals surface area contributed by atoms with E-state index in [-0.39, 0.29) is 43.8 Å². The van der Waals surface area contributed by atoms with Gasteiger partial charge in [-0.15, -0.1) is 0 Å². The molecule has 1 aliphatic carbocycles. The van der Waals surface area contributed by atoms with Gasteiger partial charge >= 0.3 is 133 Å². The fourth-order valence-electron chi connectivity index (χ4n) is 2.52. The van der Waals surface area contributed by atoms with Crippen molar-refractivity contribution in [3.8, 4) is 11.5 Å². The average molecular weight is 367 g/mol. The molecule has 1 aromatic carbocycles. The monoisotopic (exact) mass is 368 g/mol. The van der Waals surface area contributed by atoms with Gasteiger partial charge in [-0.3, -0.25) is 0 Å². The van der Waals surface area contributed by atoms with Crippen LogP contribution in [0.3, 0.4) is 0 Å². The quantitative estimate of drug-likeness (QED) is 0.497. The molecule has 0 amide bonds. The van der Waals surface area contributed by atoms with Crippen molar-refractivity contribution >= 4 is 35.9 Å². The number of esters is 1. The van der Waals surface area contributed by atoms with Crippen LogP contribution in [0, 0.1) is 11.8 Å². The molecule has 1 saturated carbocycles. The zero-order chi connectivity index (χ0) is 15.9. The molecule has 22 heavy (non-hydrogen) atoms. The Morgan fingerprint density at radius 2 is 2.09 bits per heavy atom. The molecule has 1 fully saturated rings.